The van der Waals surface area contributed by atoms with E-state index in [0.717, 1.165) is 19.3 Å². The van der Waals surface area contributed by atoms with Crippen molar-refractivity contribution in [3.05, 3.63) is 42.8 Å². The molecule has 0 spiro atoms. The van der Waals surface area contributed by atoms with E-state index in [9.17, 15) is 4.79 Å². The van der Waals surface area contributed by atoms with Gasteiger partial charge in [-0.25, -0.2) is 0 Å². The van der Waals surface area contributed by atoms with Gasteiger partial charge >= 0.3 is 0 Å². The molecule has 1 aromatic heterocycles. The maximum absolute atomic E-state index is 12.4. The van der Waals surface area contributed by atoms with Gasteiger partial charge in [0.15, 0.2) is 0 Å². The molecule has 0 radical (unpaired) electrons. The SMILES string of the molecule is C=CCNC(C=C)NC(=O)Cn1ncc(CCCCC)c1CCCCC. The molecule has 1 amide bonds. The number of unbranched alkanes of at least 4 members (excludes halogenated alkanes) is 4. The number of hydrogen-bond acceptors (Lipinski definition) is 3. The van der Waals surface area contributed by atoms with Crippen molar-refractivity contribution >= 4 is 5.91 Å². The molecule has 5 heteroatoms. The van der Waals surface area contributed by atoms with Crippen LogP contribution in [-0.2, 0) is 24.2 Å². The van der Waals surface area contributed by atoms with Crippen molar-refractivity contribution < 1.29 is 4.79 Å². The highest BCUT2D eigenvalue weighted by molar-refractivity contribution is 5.76. The van der Waals surface area contributed by atoms with Gasteiger partial charge in [-0.05, 0) is 31.2 Å². The van der Waals surface area contributed by atoms with Crippen LogP contribution in [-0.4, -0.2) is 28.4 Å². The van der Waals surface area contributed by atoms with Crippen LogP contribution in [0.5, 0.6) is 0 Å². The number of hydrogen-bond donors (Lipinski definition) is 2. The van der Waals surface area contributed by atoms with Gasteiger partial charge < -0.3 is 5.32 Å². The molecule has 26 heavy (non-hydrogen) atoms. The third-order valence-corrected chi connectivity index (χ3v) is 4.43. The van der Waals surface area contributed by atoms with E-state index in [-0.39, 0.29) is 18.6 Å². The lowest BCUT2D eigenvalue weighted by Crippen LogP contribution is -2.45. The topological polar surface area (TPSA) is 58.9 Å². The average molecular weight is 361 g/mol. The molecule has 0 saturated heterocycles. The predicted molar refractivity (Wildman–Crippen MR) is 109 cm³/mol. The summed E-state index contributed by atoms with van der Waals surface area (Å²) in [6.45, 7) is 12.7. The minimum atomic E-state index is -0.261. The van der Waals surface area contributed by atoms with Crippen LogP contribution in [0.3, 0.4) is 0 Å². The number of nitrogens with zero attached hydrogens (tertiary/aromatic N) is 2. The van der Waals surface area contributed by atoms with Crippen molar-refractivity contribution in [3.8, 4) is 0 Å². The summed E-state index contributed by atoms with van der Waals surface area (Å²) in [5.41, 5.74) is 2.52. The summed E-state index contributed by atoms with van der Waals surface area (Å²) in [6.07, 6.45) is 14.3. The van der Waals surface area contributed by atoms with Crippen molar-refractivity contribution in [2.75, 3.05) is 6.54 Å². The number of rotatable bonds is 15. The molecule has 0 aliphatic rings. The molecule has 1 rings (SSSR count). The lowest BCUT2D eigenvalue weighted by molar-refractivity contribution is -0.122. The Morgan fingerprint density at radius 1 is 1.19 bits per heavy atom. The summed E-state index contributed by atoms with van der Waals surface area (Å²) in [6, 6.07) is 0. The summed E-state index contributed by atoms with van der Waals surface area (Å²) in [4.78, 5) is 12.4. The molecule has 0 saturated carbocycles. The molecule has 5 nitrogen and oxygen atoms in total. The Balaban J connectivity index is 2.73. The minimum absolute atomic E-state index is 0.0635. The molecule has 0 aromatic carbocycles. The smallest absolute Gasteiger partial charge is 0.243 e. The fraction of sp³-hybridized carbons (Fsp3) is 0.619. The fourth-order valence-electron chi connectivity index (χ4n) is 2.95. The normalized spacial score (nSPS) is 11.9. The Hall–Kier alpha value is -1.88. The molecule has 146 valence electrons. The minimum Gasteiger partial charge on any atom is -0.336 e. The second-order valence-corrected chi connectivity index (χ2v) is 6.67. The summed E-state index contributed by atoms with van der Waals surface area (Å²) in [5, 5.41) is 10.6. The first kappa shape index (κ1) is 22.2. The van der Waals surface area contributed by atoms with E-state index in [2.05, 4.69) is 42.7 Å². The Morgan fingerprint density at radius 2 is 1.88 bits per heavy atom. The molecule has 1 atom stereocenters. The highest BCUT2D eigenvalue weighted by Gasteiger charge is 2.14. The monoisotopic (exact) mass is 360 g/mol. The first-order valence-electron chi connectivity index (χ1n) is 9.95. The van der Waals surface area contributed by atoms with E-state index < -0.39 is 0 Å². The highest BCUT2D eigenvalue weighted by atomic mass is 16.2. The van der Waals surface area contributed by atoms with Crippen LogP contribution in [0.15, 0.2) is 31.5 Å². The van der Waals surface area contributed by atoms with E-state index in [1.165, 1.54) is 43.4 Å². The predicted octanol–water partition coefficient (Wildman–Crippen LogP) is 3.75. The summed E-state index contributed by atoms with van der Waals surface area (Å²) in [5.74, 6) is -0.0635. The summed E-state index contributed by atoms with van der Waals surface area (Å²) < 4.78 is 1.87. The van der Waals surface area contributed by atoms with Crippen LogP contribution in [0.1, 0.15) is 63.6 Å². The summed E-state index contributed by atoms with van der Waals surface area (Å²) in [7, 11) is 0. The van der Waals surface area contributed by atoms with Gasteiger partial charge in [0, 0.05) is 12.2 Å². The number of carbonyl (C=O) groups is 1. The maximum atomic E-state index is 12.4. The zero-order chi connectivity index (χ0) is 19.2. The fourth-order valence-corrected chi connectivity index (χ4v) is 2.95. The Morgan fingerprint density at radius 3 is 2.50 bits per heavy atom. The van der Waals surface area contributed by atoms with Gasteiger partial charge in [-0.1, -0.05) is 58.3 Å². The number of nitrogens with one attached hydrogen (secondary N) is 2. The molecule has 1 unspecified atom stereocenters. The number of carbonyl (C=O) groups excluding carboxylic acids is 1. The first-order chi connectivity index (χ1) is 12.7. The number of amides is 1. The van der Waals surface area contributed by atoms with Gasteiger partial charge in [0.05, 0.1) is 12.4 Å². The summed E-state index contributed by atoms with van der Waals surface area (Å²) >= 11 is 0. The van der Waals surface area contributed by atoms with E-state index in [1.807, 2.05) is 10.9 Å². The van der Waals surface area contributed by atoms with Gasteiger partial charge in [0.1, 0.15) is 6.54 Å². The third-order valence-electron chi connectivity index (χ3n) is 4.43. The van der Waals surface area contributed by atoms with Crippen LogP contribution in [0, 0.1) is 0 Å². The van der Waals surface area contributed by atoms with Crippen molar-refractivity contribution in [2.45, 2.75) is 77.9 Å². The lowest BCUT2D eigenvalue weighted by atomic mass is 10.0. The second-order valence-electron chi connectivity index (χ2n) is 6.67. The van der Waals surface area contributed by atoms with E-state index in [1.54, 1.807) is 12.2 Å². The average Bonchev–Trinajstić information content (AvgIpc) is 3.00. The van der Waals surface area contributed by atoms with E-state index in [4.69, 9.17) is 0 Å². The van der Waals surface area contributed by atoms with Crippen LogP contribution in [0.4, 0.5) is 0 Å². The van der Waals surface area contributed by atoms with Crippen molar-refractivity contribution in [1.82, 2.24) is 20.4 Å². The Bertz CT molecular complexity index is 550. The Kier molecular flexibility index (Phi) is 11.4. The maximum Gasteiger partial charge on any atom is 0.243 e. The van der Waals surface area contributed by atoms with Gasteiger partial charge in [0.25, 0.3) is 0 Å². The van der Waals surface area contributed by atoms with Crippen LogP contribution in [0.2, 0.25) is 0 Å². The van der Waals surface area contributed by atoms with Crippen molar-refractivity contribution in [2.24, 2.45) is 0 Å². The van der Waals surface area contributed by atoms with Crippen LogP contribution < -0.4 is 10.6 Å². The molecule has 2 N–H and O–H groups in total. The molecule has 0 aliphatic carbocycles. The van der Waals surface area contributed by atoms with E-state index in [0.29, 0.717) is 6.54 Å². The van der Waals surface area contributed by atoms with E-state index >= 15 is 0 Å². The molecular weight excluding hydrogens is 324 g/mol. The van der Waals surface area contributed by atoms with Crippen molar-refractivity contribution in [1.29, 1.82) is 0 Å². The standard InChI is InChI=1S/C21H36N4O/c1-5-9-11-13-18-16-23-25(19(18)14-12-10-6-2)17-21(26)24-20(8-4)22-15-7-3/h7-8,16,20,22H,3-6,9-15,17H2,1-2H3,(H,24,26). The van der Waals surface area contributed by atoms with Gasteiger partial charge in [0.2, 0.25) is 5.91 Å². The largest absolute Gasteiger partial charge is 0.336 e. The third kappa shape index (κ3) is 8.00. The molecule has 0 aliphatic heterocycles. The first-order valence-corrected chi connectivity index (χ1v) is 9.95. The van der Waals surface area contributed by atoms with Gasteiger partial charge in [-0.3, -0.25) is 14.8 Å². The van der Waals surface area contributed by atoms with Crippen LogP contribution in [0.25, 0.3) is 0 Å². The lowest BCUT2D eigenvalue weighted by Gasteiger charge is -2.16. The molecule has 1 heterocycles. The molecule has 1 aromatic rings. The zero-order valence-corrected chi connectivity index (χ0v) is 16.6. The highest BCUT2D eigenvalue weighted by Crippen LogP contribution is 2.16. The molecular formula is C21H36N4O. The Labute approximate surface area is 158 Å². The van der Waals surface area contributed by atoms with Crippen molar-refractivity contribution in [3.63, 3.8) is 0 Å². The molecule has 0 bridgehead atoms. The van der Waals surface area contributed by atoms with Crippen LogP contribution >= 0.6 is 0 Å². The number of aromatic nitrogens is 2. The number of aryl methyl sites for hydroxylation is 1. The quantitative estimate of drug-likeness (QED) is 0.284. The molecule has 0 fully saturated rings. The second kappa shape index (κ2) is 13.3. The van der Waals surface area contributed by atoms with Gasteiger partial charge in [-0.2, -0.15) is 5.10 Å². The zero-order valence-electron chi connectivity index (χ0n) is 16.6. The van der Waals surface area contributed by atoms with Gasteiger partial charge in [-0.15, -0.1) is 6.58 Å².